The number of esters is 2. The molecule has 2 atom stereocenters. The molecule has 0 rings (SSSR count). The Morgan fingerprint density at radius 3 is 0.921 bits per heavy atom. The number of allylic oxidation sites excluding steroid dienone is 20. The molecule has 3 N–H and O–H groups in total. The van der Waals surface area contributed by atoms with Gasteiger partial charge in [0.2, 0.25) is 0 Å². The van der Waals surface area contributed by atoms with Gasteiger partial charge in [-0.1, -0.05) is 334 Å². The molecule has 0 bridgehead atoms. The molecular formula is C79H138NO8P. The largest absolute Gasteiger partial charge is 0.472 e. The fourth-order valence-corrected chi connectivity index (χ4v) is 11.2. The predicted octanol–water partition coefficient (Wildman–Crippen LogP) is 24.6. The summed E-state index contributed by atoms with van der Waals surface area (Å²) in [6.45, 7) is 3.62. The molecule has 0 aliphatic rings. The minimum Gasteiger partial charge on any atom is -0.462 e. The lowest BCUT2D eigenvalue weighted by Crippen LogP contribution is -2.29. The van der Waals surface area contributed by atoms with Crippen molar-refractivity contribution < 1.29 is 37.6 Å². The van der Waals surface area contributed by atoms with E-state index in [-0.39, 0.29) is 38.6 Å². The smallest absolute Gasteiger partial charge is 0.462 e. The van der Waals surface area contributed by atoms with Crippen LogP contribution in [0, 0.1) is 0 Å². The van der Waals surface area contributed by atoms with E-state index in [1.165, 1.54) is 193 Å². The third kappa shape index (κ3) is 73.3. The van der Waals surface area contributed by atoms with Crippen LogP contribution in [0.2, 0.25) is 0 Å². The topological polar surface area (TPSA) is 134 Å². The number of carbonyl (C=O) groups is 2. The van der Waals surface area contributed by atoms with Crippen molar-refractivity contribution in [2.75, 3.05) is 26.4 Å². The molecule has 0 aromatic rings. The lowest BCUT2D eigenvalue weighted by molar-refractivity contribution is -0.161. The van der Waals surface area contributed by atoms with Crippen LogP contribution in [0.5, 0.6) is 0 Å². The maximum absolute atomic E-state index is 12.8. The predicted molar refractivity (Wildman–Crippen MR) is 385 cm³/mol. The number of rotatable bonds is 69. The molecule has 0 aliphatic carbocycles. The summed E-state index contributed by atoms with van der Waals surface area (Å²) in [7, 11) is -4.41. The highest BCUT2D eigenvalue weighted by atomic mass is 31.2. The van der Waals surface area contributed by atoms with Crippen LogP contribution in [0.4, 0.5) is 0 Å². The highest BCUT2D eigenvalue weighted by Crippen LogP contribution is 2.43. The van der Waals surface area contributed by atoms with Crippen molar-refractivity contribution in [2.24, 2.45) is 5.73 Å². The first-order valence-corrected chi connectivity index (χ1v) is 38.5. The zero-order valence-corrected chi connectivity index (χ0v) is 58.5. The highest BCUT2D eigenvalue weighted by Gasteiger charge is 2.26. The molecule has 0 saturated heterocycles. The summed E-state index contributed by atoms with van der Waals surface area (Å²) in [5.41, 5.74) is 5.40. The normalized spacial score (nSPS) is 13.6. The SMILES string of the molecule is CC/C=C\C/C=C\C/C=C\C/C=C\C/C=C\C/C=C\C/C=C\CCCCCCCC(=O)OC(COC(=O)CCCCCCCCCCCCCCCCCCCCCCCCCCCC/C=C\C/C=C\C/C=C\CCCCCCC)COP(=O)(O)OCCN. The van der Waals surface area contributed by atoms with Crippen LogP contribution in [0.15, 0.2) is 122 Å². The number of hydrogen-bond acceptors (Lipinski definition) is 8. The van der Waals surface area contributed by atoms with E-state index in [1.807, 2.05) is 0 Å². The molecule has 0 radical (unpaired) electrons. The number of ether oxygens (including phenoxy) is 2. The molecule has 0 spiro atoms. The highest BCUT2D eigenvalue weighted by molar-refractivity contribution is 7.47. The molecule has 0 aromatic carbocycles. The van der Waals surface area contributed by atoms with Crippen LogP contribution in [0.1, 0.15) is 335 Å². The minimum absolute atomic E-state index is 0.0455. The van der Waals surface area contributed by atoms with Crippen molar-refractivity contribution in [3.63, 3.8) is 0 Å². The molecule has 89 heavy (non-hydrogen) atoms. The maximum atomic E-state index is 12.8. The van der Waals surface area contributed by atoms with E-state index < -0.39 is 26.5 Å². The molecule has 512 valence electrons. The van der Waals surface area contributed by atoms with Crippen molar-refractivity contribution >= 4 is 19.8 Å². The van der Waals surface area contributed by atoms with Gasteiger partial charge in [0.1, 0.15) is 6.61 Å². The third-order valence-electron chi connectivity index (χ3n) is 15.8. The van der Waals surface area contributed by atoms with Gasteiger partial charge in [-0.25, -0.2) is 4.57 Å². The van der Waals surface area contributed by atoms with Crippen LogP contribution < -0.4 is 5.73 Å². The van der Waals surface area contributed by atoms with Gasteiger partial charge in [-0.2, -0.15) is 0 Å². The van der Waals surface area contributed by atoms with Gasteiger partial charge in [-0.15, -0.1) is 0 Å². The average Bonchev–Trinajstić information content (AvgIpc) is 3.64. The fourth-order valence-electron chi connectivity index (χ4n) is 10.4. The first-order valence-electron chi connectivity index (χ1n) is 37.0. The van der Waals surface area contributed by atoms with Crippen LogP contribution in [0.25, 0.3) is 0 Å². The van der Waals surface area contributed by atoms with Crippen molar-refractivity contribution in [2.45, 2.75) is 341 Å². The van der Waals surface area contributed by atoms with Gasteiger partial charge in [-0.05, 0) is 109 Å². The van der Waals surface area contributed by atoms with Crippen LogP contribution in [0.3, 0.4) is 0 Å². The number of hydrogen-bond donors (Lipinski definition) is 2. The summed E-state index contributed by atoms with van der Waals surface area (Å²) >= 11 is 0. The van der Waals surface area contributed by atoms with Gasteiger partial charge < -0.3 is 20.1 Å². The van der Waals surface area contributed by atoms with Crippen molar-refractivity contribution in [1.82, 2.24) is 0 Å². The van der Waals surface area contributed by atoms with E-state index in [2.05, 4.69) is 135 Å². The Balaban J connectivity index is 3.84. The van der Waals surface area contributed by atoms with Crippen molar-refractivity contribution in [1.29, 1.82) is 0 Å². The molecule has 0 saturated carbocycles. The Bertz CT molecular complexity index is 1880. The summed E-state index contributed by atoms with van der Waals surface area (Å²) in [5.74, 6) is -0.845. The molecule has 0 fully saturated rings. The summed E-state index contributed by atoms with van der Waals surface area (Å²) < 4.78 is 33.2. The van der Waals surface area contributed by atoms with Gasteiger partial charge in [0.05, 0.1) is 13.2 Å². The molecular weight excluding hydrogens is 1120 g/mol. The zero-order chi connectivity index (χ0) is 64.4. The Morgan fingerprint density at radius 1 is 0.348 bits per heavy atom. The molecule has 10 heteroatoms. The molecule has 0 aliphatic heterocycles. The first kappa shape index (κ1) is 85.4. The van der Waals surface area contributed by atoms with E-state index in [0.29, 0.717) is 6.42 Å². The Morgan fingerprint density at radius 2 is 0.618 bits per heavy atom. The van der Waals surface area contributed by atoms with Gasteiger partial charge >= 0.3 is 19.8 Å². The zero-order valence-electron chi connectivity index (χ0n) is 57.6. The molecule has 2 unspecified atom stereocenters. The number of unbranched alkanes of at least 4 members (excludes halogenated alkanes) is 36. The first-order chi connectivity index (χ1) is 43.8. The van der Waals surface area contributed by atoms with E-state index in [4.69, 9.17) is 24.3 Å². The quantitative estimate of drug-likeness (QED) is 0.0264. The Labute approximate surface area is 549 Å². The van der Waals surface area contributed by atoms with Crippen molar-refractivity contribution in [3.8, 4) is 0 Å². The average molecular weight is 1260 g/mol. The minimum atomic E-state index is -4.41. The lowest BCUT2D eigenvalue weighted by Gasteiger charge is -2.19. The van der Waals surface area contributed by atoms with Gasteiger partial charge in [-0.3, -0.25) is 18.6 Å². The number of phosphoric acid groups is 1. The standard InChI is InChI=1S/C79H138NO8P/c1-3-5-7-9-11-13-15-17-19-21-23-25-27-29-31-32-33-34-35-36-37-38-39-40-41-42-43-44-46-47-49-51-53-55-57-59-61-63-65-67-69-71-78(81)85-75-77(76-87-89(83,84)86-74-73-80)88-79(82)72-70-68-66-64-62-60-58-56-54-52-50-48-45-30-28-26-24-22-20-18-16-14-12-10-8-6-4-2/h6,8,12,14-15,17-18,20-21,23-24,26-27,29-30,45,50,52,56,58,77H,3-5,7,9-11,13,16,19,22,25,28,31-44,46-49,51,53-55,57,59-76,80H2,1-2H3,(H,83,84)/b8-6-,14-12-,17-15-,20-18-,23-21-,26-24-,29-27-,45-30-,52-50-,58-56-. The maximum Gasteiger partial charge on any atom is 0.472 e. The van der Waals surface area contributed by atoms with Gasteiger partial charge in [0.15, 0.2) is 6.10 Å². The van der Waals surface area contributed by atoms with E-state index in [0.717, 1.165) is 109 Å². The van der Waals surface area contributed by atoms with E-state index in [1.54, 1.807) is 0 Å². The van der Waals surface area contributed by atoms with Crippen LogP contribution in [-0.4, -0.2) is 49.3 Å². The molecule has 9 nitrogen and oxygen atoms in total. The second-order valence-corrected chi connectivity index (χ2v) is 25.9. The molecule has 0 aromatic heterocycles. The Kier molecular flexibility index (Phi) is 70.5. The van der Waals surface area contributed by atoms with E-state index in [9.17, 15) is 19.0 Å². The van der Waals surface area contributed by atoms with Gasteiger partial charge in [0, 0.05) is 19.4 Å². The summed E-state index contributed by atoms with van der Waals surface area (Å²) in [5, 5.41) is 0. The molecule has 0 heterocycles. The monoisotopic (exact) mass is 1260 g/mol. The number of nitrogens with two attached hydrogens (primary N) is 1. The van der Waals surface area contributed by atoms with Crippen LogP contribution in [-0.2, 0) is 32.7 Å². The fraction of sp³-hybridized carbons (Fsp3) is 0.722. The third-order valence-corrected chi connectivity index (χ3v) is 16.8. The van der Waals surface area contributed by atoms with E-state index >= 15 is 0 Å². The number of phosphoric ester groups is 1. The van der Waals surface area contributed by atoms with Crippen LogP contribution >= 0.6 is 7.82 Å². The van der Waals surface area contributed by atoms with Gasteiger partial charge in [0.25, 0.3) is 0 Å². The summed E-state index contributed by atoms with van der Waals surface area (Å²) in [6, 6.07) is 0. The van der Waals surface area contributed by atoms with Crippen molar-refractivity contribution in [3.05, 3.63) is 122 Å². The second kappa shape index (κ2) is 73.5. The Hall–Kier alpha value is -3.59. The summed E-state index contributed by atoms with van der Waals surface area (Å²) in [4.78, 5) is 35.4. The molecule has 0 amide bonds. The number of carbonyl (C=O) groups excluding carboxylic acids is 2. The second-order valence-electron chi connectivity index (χ2n) is 24.4. The summed E-state index contributed by atoms with van der Waals surface area (Å²) in [6.07, 6.45) is 103. The lowest BCUT2D eigenvalue weighted by atomic mass is 10.0.